The Balaban J connectivity index is 1.98. The van der Waals surface area contributed by atoms with E-state index in [2.05, 4.69) is 13.0 Å². The van der Waals surface area contributed by atoms with Crippen molar-refractivity contribution in [1.82, 2.24) is 0 Å². The van der Waals surface area contributed by atoms with Gasteiger partial charge in [0.2, 0.25) is 0 Å². The summed E-state index contributed by atoms with van der Waals surface area (Å²) < 4.78 is 26.1. The molecule has 1 aromatic carbocycles. The summed E-state index contributed by atoms with van der Waals surface area (Å²) in [6, 6.07) is 7.41. The first-order chi connectivity index (χ1) is 9.06. The zero-order chi connectivity index (χ0) is 13.8. The van der Waals surface area contributed by atoms with Crippen molar-refractivity contribution in [2.75, 3.05) is 0 Å². The maximum Gasteiger partial charge on any atom is 0.126 e. The van der Waals surface area contributed by atoms with E-state index in [-0.39, 0.29) is 6.42 Å². The van der Waals surface area contributed by atoms with E-state index in [0.717, 1.165) is 17.4 Å². The molecule has 1 aromatic heterocycles. The first-order valence-electron chi connectivity index (χ1n) is 6.27. The second kappa shape index (κ2) is 6.26. The number of hydrogen-bond donors (Lipinski definition) is 1. The second-order valence-corrected chi connectivity index (χ2v) is 5.81. The van der Waals surface area contributed by atoms with Crippen molar-refractivity contribution >= 4 is 11.3 Å². The molecule has 1 unspecified atom stereocenters. The first-order valence-corrected chi connectivity index (χ1v) is 7.09. The van der Waals surface area contributed by atoms with Crippen LogP contribution in [0.2, 0.25) is 0 Å². The van der Waals surface area contributed by atoms with Crippen LogP contribution in [0.25, 0.3) is 0 Å². The summed E-state index contributed by atoms with van der Waals surface area (Å²) in [5, 5.41) is 9.98. The van der Waals surface area contributed by atoms with Crippen LogP contribution in [-0.4, -0.2) is 11.2 Å². The Kier molecular flexibility index (Phi) is 4.66. The van der Waals surface area contributed by atoms with Crippen LogP contribution >= 0.6 is 11.3 Å². The van der Waals surface area contributed by atoms with Gasteiger partial charge in [-0.25, -0.2) is 8.78 Å². The Labute approximate surface area is 115 Å². The van der Waals surface area contributed by atoms with E-state index in [1.54, 1.807) is 11.3 Å². The normalized spacial score (nSPS) is 12.6. The van der Waals surface area contributed by atoms with Crippen LogP contribution < -0.4 is 0 Å². The summed E-state index contributed by atoms with van der Waals surface area (Å²) in [6.45, 7) is 2.08. The van der Waals surface area contributed by atoms with Crippen molar-refractivity contribution in [3.63, 3.8) is 0 Å². The Morgan fingerprint density at radius 1 is 1.05 bits per heavy atom. The predicted molar refractivity (Wildman–Crippen MR) is 73.5 cm³/mol. The molecule has 19 heavy (non-hydrogen) atoms. The van der Waals surface area contributed by atoms with Gasteiger partial charge in [0, 0.05) is 22.2 Å². The molecule has 4 heteroatoms. The fourth-order valence-corrected chi connectivity index (χ4v) is 3.06. The van der Waals surface area contributed by atoms with Gasteiger partial charge < -0.3 is 5.11 Å². The summed E-state index contributed by atoms with van der Waals surface area (Å²) in [5.74, 6) is -1.21. The monoisotopic (exact) mass is 282 g/mol. The summed E-state index contributed by atoms with van der Waals surface area (Å²) in [7, 11) is 0. The van der Waals surface area contributed by atoms with E-state index in [0.29, 0.717) is 12.0 Å². The van der Waals surface area contributed by atoms with Crippen molar-refractivity contribution in [2.24, 2.45) is 0 Å². The molecular formula is C15H16F2OS. The molecular weight excluding hydrogens is 266 g/mol. The summed E-state index contributed by atoms with van der Waals surface area (Å²) in [6.07, 6.45) is 1.14. The van der Waals surface area contributed by atoms with E-state index in [1.165, 1.54) is 17.0 Å². The number of hydrogen-bond acceptors (Lipinski definition) is 2. The lowest BCUT2D eigenvalue weighted by molar-refractivity contribution is 0.176. The largest absolute Gasteiger partial charge is 0.392 e. The van der Waals surface area contributed by atoms with Crippen LogP contribution in [0.1, 0.15) is 22.2 Å². The fourth-order valence-electron chi connectivity index (χ4n) is 2.03. The van der Waals surface area contributed by atoms with Crippen molar-refractivity contribution in [3.8, 4) is 0 Å². The number of thiophene rings is 1. The summed E-state index contributed by atoms with van der Waals surface area (Å²) in [5.41, 5.74) is 0.484. The van der Waals surface area contributed by atoms with Gasteiger partial charge in [0.05, 0.1) is 6.10 Å². The predicted octanol–water partition coefficient (Wildman–Crippen LogP) is 3.73. The summed E-state index contributed by atoms with van der Waals surface area (Å²) in [4.78, 5) is 2.38. The van der Waals surface area contributed by atoms with Gasteiger partial charge in [-0.3, -0.25) is 0 Å². The van der Waals surface area contributed by atoms with Crippen LogP contribution in [-0.2, 0) is 19.3 Å². The number of rotatable bonds is 5. The fraction of sp³-hybridized carbons (Fsp3) is 0.333. The topological polar surface area (TPSA) is 20.2 Å². The van der Waals surface area contributed by atoms with Crippen LogP contribution in [0.3, 0.4) is 0 Å². The highest BCUT2D eigenvalue weighted by molar-refractivity contribution is 7.11. The Hall–Kier alpha value is -1.26. The van der Waals surface area contributed by atoms with Crippen LogP contribution in [0.5, 0.6) is 0 Å². The third-order valence-corrected chi connectivity index (χ3v) is 4.15. The molecule has 2 rings (SSSR count). The number of aliphatic hydroxyl groups excluding tert-OH is 1. The van der Waals surface area contributed by atoms with Gasteiger partial charge in [0.1, 0.15) is 11.6 Å². The molecule has 0 spiro atoms. The van der Waals surface area contributed by atoms with Gasteiger partial charge in [0.25, 0.3) is 0 Å². The van der Waals surface area contributed by atoms with E-state index < -0.39 is 17.7 Å². The van der Waals surface area contributed by atoms with E-state index >= 15 is 0 Å². The van der Waals surface area contributed by atoms with Gasteiger partial charge in [-0.2, -0.15) is 0 Å². The van der Waals surface area contributed by atoms with Crippen molar-refractivity contribution in [3.05, 3.63) is 57.3 Å². The van der Waals surface area contributed by atoms with E-state index in [1.807, 2.05) is 6.07 Å². The highest BCUT2D eigenvalue weighted by atomic mass is 32.1. The molecule has 1 heterocycles. The van der Waals surface area contributed by atoms with Gasteiger partial charge >= 0.3 is 0 Å². The third kappa shape index (κ3) is 4.11. The molecule has 1 nitrogen and oxygen atoms in total. The smallest absolute Gasteiger partial charge is 0.126 e. The van der Waals surface area contributed by atoms with Gasteiger partial charge in [-0.15, -0.1) is 11.3 Å². The lowest BCUT2D eigenvalue weighted by atomic mass is 10.0. The number of aryl methyl sites for hydroxylation is 1. The van der Waals surface area contributed by atoms with Crippen LogP contribution in [0, 0.1) is 11.6 Å². The standard InChI is InChI=1S/C15H16F2OS/c1-2-14-3-4-15(19-14)9-13(18)7-10-5-11(16)8-12(17)6-10/h3-6,8,13,18H,2,7,9H2,1H3. The molecule has 0 radical (unpaired) electrons. The molecule has 0 aliphatic heterocycles. The molecule has 102 valence electrons. The molecule has 0 aliphatic rings. The second-order valence-electron chi connectivity index (χ2n) is 4.56. The maximum absolute atomic E-state index is 13.0. The minimum Gasteiger partial charge on any atom is -0.392 e. The molecule has 1 atom stereocenters. The summed E-state index contributed by atoms with van der Waals surface area (Å²) >= 11 is 1.67. The Morgan fingerprint density at radius 2 is 1.68 bits per heavy atom. The first kappa shape index (κ1) is 14.2. The molecule has 0 amide bonds. The van der Waals surface area contributed by atoms with Crippen LogP contribution in [0.4, 0.5) is 8.78 Å². The molecule has 2 aromatic rings. The minimum atomic E-state index is -0.621. The molecule has 0 aliphatic carbocycles. The highest BCUT2D eigenvalue weighted by Crippen LogP contribution is 2.20. The quantitative estimate of drug-likeness (QED) is 0.886. The molecule has 0 saturated heterocycles. The third-order valence-electron chi connectivity index (χ3n) is 2.90. The lowest BCUT2D eigenvalue weighted by Gasteiger charge is -2.09. The Bertz CT molecular complexity index is 531. The van der Waals surface area contributed by atoms with E-state index in [4.69, 9.17) is 0 Å². The Morgan fingerprint density at radius 3 is 2.26 bits per heavy atom. The van der Waals surface area contributed by atoms with Gasteiger partial charge in [-0.1, -0.05) is 6.92 Å². The van der Waals surface area contributed by atoms with Gasteiger partial charge in [-0.05, 0) is 42.7 Å². The minimum absolute atomic E-state index is 0.258. The average molecular weight is 282 g/mol. The molecule has 0 bridgehead atoms. The highest BCUT2D eigenvalue weighted by Gasteiger charge is 2.10. The zero-order valence-electron chi connectivity index (χ0n) is 10.7. The SMILES string of the molecule is CCc1ccc(CC(O)Cc2cc(F)cc(F)c2)s1. The number of benzene rings is 1. The molecule has 0 fully saturated rings. The van der Waals surface area contributed by atoms with Crippen LogP contribution in [0.15, 0.2) is 30.3 Å². The van der Waals surface area contributed by atoms with E-state index in [9.17, 15) is 13.9 Å². The molecule has 0 saturated carbocycles. The van der Waals surface area contributed by atoms with Crippen molar-refractivity contribution < 1.29 is 13.9 Å². The molecule has 1 N–H and O–H groups in total. The number of halogens is 2. The van der Waals surface area contributed by atoms with Crippen molar-refractivity contribution in [1.29, 1.82) is 0 Å². The average Bonchev–Trinajstić information content (AvgIpc) is 2.74. The van der Waals surface area contributed by atoms with Gasteiger partial charge in [0.15, 0.2) is 0 Å². The zero-order valence-corrected chi connectivity index (χ0v) is 11.5. The maximum atomic E-state index is 13.0. The lowest BCUT2D eigenvalue weighted by Crippen LogP contribution is -2.13. The van der Waals surface area contributed by atoms with Crippen molar-refractivity contribution in [2.45, 2.75) is 32.3 Å². The number of aliphatic hydroxyl groups is 1.